The van der Waals surface area contributed by atoms with Crippen LogP contribution in [0.25, 0.3) is 0 Å². The summed E-state index contributed by atoms with van der Waals surface area (Å²) >= 11 is 0. The molecule has 15 heavy (non-hydrogen) atoms. The summed E-state index contributed by atoms with van der Waals surface area (Å²) in [5, 5.41) is 12.6. The van der Waals surface area contributed by atoms with E-state index in [9.17, 15) is 9.90 Å². The molecule has 0 aromatic carbocycles. The van der Waals surface area contributed by atoms with Crippen molar-refractivity contribution in [2.75, 3.05) is 6.54 Å². The average molecular weight is 213 g/mol. The van der Waals surface area contributed by atoms with Gasteiger partial charge in [-0.1, -0.05) is 26.7 Å². The van der Waals surface area contributed by atoms with Gasteiger partial charge in [0.15, 0.2) is 0 Å². The van der Waals surface area contributed by atoms with E-state index in [1.54, 1.807) is 0 Å². The maximum absolute atomic E-state index is 11.4. The fourth-order valence-corrected chi connectivity index (χ4v) is 2.11. The van der Waals surface area contributed by atoms with Crippen molar-refractivity contribution >= 4 is 5.91 Å². The number of rotatable bonds is 4. The van der Waals surface area contributed by atoms with Crippen LogP contribution >= 0.6 is 0 Å². The number of hydrogen-bond donors (Lipinski definition) is 2. The van der Waals surface area contributed by atoms with Crippen molar-refractivity contribution in [1.29, 1.82) is 0 Å². The fourth-order valence-electron chi connectivity index (χ4n) is 2.11. The molecule has 0 aromatic rings. The van der Waals surface area contributed by atoms with Crippen LogP contribution in [-0.2, 0) is 4.79 Å². The molecule has 1 aliphatic carbocycles. The van der Waals surface area contributed by atoms with Gasteiger partial charge in [-0.2, -0.15) is 0 Å². The number of amides is 1. The van der Waals surface area contributed by atoms with Gasteiger partial charge >= 0.3 is 0 Å². The second-order valence-corrected chi connectivity index (χ2v) is 5.01. The molecule has 0 bridgehead atoms. The Kier molecular flexibility index (Phi) is 5.09. The van der Waals surface area contributed by atoms with E-state index in [2.05, 4.69) is 5.32 Å². The Morgan fingerprint density at radius 1 is 1.40 bits per heavy atom. The number of aliphatic hydroxyl groups is 1. The smallest absolute Gasteiger partial charge is 0.220 e. The van der Waals surface area contributed by atoms with Gasteiger partial charge in [-0.05, 0) is 18.8 Å². The molecule has 1 aliphatic rings. The molecule has 0 saturated heterocycles. The van der Waals surface area contributed by atoms with Gasteiger partial charge < -0.3 is 10.4 Å². The molecular formula is C12H23NO2. The molecule has 0 aliphatic heterocycles. The Morgan fingerprint density at radius 2 is 2.07 bits per heavy atom. The van der Waals surface area contributed by atoms with Gasteiger partial charge in [0.1, 0.15) is 0 Å². The van der Waals surface area contributed by atoms with E-state index in [4.69, 9.17) is 0 Å². The summed E-state index contributed by atoms with van der Waals surface area (Å²) in [6, 6.07) is 0. The van der Waals surface area contributed by atoms with E-state index in [1.165, 1.54) is 6.42 Å². The minimum absolute atomic E-state index is 0.114. The fraction of sp³-hybridized carbons (Fsp3) is 0.917. The summed E-state index contributed by atoms with van der Waals surface area (Å²) in [7, 11) is 0. The molecule has 1 rings (SSSR count). The highest BCUT2D eigenvalue weighted by atomic mass is 16.3. The molecule has 2 atom stereocenters. The normalized spacial score (nSPS) is 26.7. The third-order valence-electron chi connectivity index (χ3n) is 3.02. The quantitative estimate of drug-likeness (QED) is 0.746. The molecule has 0 radical (unpaired) electrons. The molecular weight excluding hydrogens is 190 g/mol. The zero-order valence-corrected chi connectivity index (χ0v) is 9.83. The lowest BCUT2D eigenvalue weighted by molar-refractivity contribution is -0.122. The van der Waals surface area contributed by atoms with Gasteiger partial charge in [0.05, 0.1) is 6.10 Å². The molecule has 1 amide bonds. The summed E-state index contributed by atoms with van der Waals surface area (Å²) in [4.78, 5) is 11.4. The minimum atomic E-state index is -0.210. The Hall–Kier alpha value is -0.570. The molecule has 3 heteroatoms. The van der Waals surface area contributed by atoms with Crippen LogP contribution in [0.15, 0.2) is 0 Å². The SMILES string of the molecule is CC(C)CC(=O)NCC1CCCCC1O. The zero-order valence-electron chi connectivity index (χ0n) is 9.83. The first-order chi connectivity index (χ1) is 7.09. The van der Waals surface area contributed by atoms with Crippen molar-refractivity contribution in [1.82, 2.24) is 5.32 Å². The highest BCUT2D eigenvalue weighted by Crippen LogP contribution is 2.23. The van der Waals surface area contributed by atoms with Crippen LogP contribution in [0.5, 0.6) is 0 Å². The number of carbonyl (C=O) groups excluding carboxylic acids is 1. The predicted octanol–water partition coefficient (Wildman–Crippen LogP) is 1.70. The van der Waals surface area contributed by atoms with Gasteiger partial charge in [0.25, 0.3) is 0 Å². The lowest BCUT2D eigenvalue weighted by Crippen LogP contribution is -2.36. The van der Waals surface area contributed by atoms with E-state index in [0.717, 1.165) is 19.3 Å². The second-order valence-electron chi connectivity index (χ2n) is 5.01. The second kappa shape index (κ2) is 6.11. The van der Waals surface area contributed by atoms with Crippen LogP contribution in [0.2, 0.25) is 0 Å². The monoisotopic (exact) mass is 213 g/mol. The lowest BCUT2D eigenvalue weighted by Gasteiger charge is -2.27. The molecule has 1 fully saturated rings. The highest BCUT2D eigenvalue weighted by Gasteiger charge is 2.23. The molecule has 88 valence electrons. The van der Waals surface area contributed by atoms with E-state index in [1.807, 2.05) is 13.8 Å². The predicted molar refractivity (Wildman–Crippen MR) is 60.4 cm³/mol. The van der Waals surface area contributed by atoms with Crippen LogP contribution < -0.4 is 5.32 Å². The molecule has 2 N–H and O–H groups in total. The van der Waals surface area contributed by atoms with Gasteiger partial charge in [-0.15, -0.1) is 0 Å². The van der Waals surface area contributed by atoms with Crippen LogP contribution in [0.1, 0.15) is 46.0 Å². The first-order valence-electron chi connectivity index (χ1n) is 6.04. The van der Waals surface area contributed by atoms with E-state index >= 15 is 0 Å². The van der Waals surface area contributed by atoms with Crippen LogP contribution in [-0.4, -0.2) is 23.7 Å². The molecule has 0 heterocycles. The van der Waals surface area contributed by atoms with Crippen molar-refractivity contribution in [3.05, 3.63) is 0 Å². The maximum Gasteiger partial charge on any atom is 0.220 e. The van der Waals surface area contributed by atoms with Crippen molar-refractivity contribution in [3.63, 3.8) is 0 Å². The van der Waals surface area contributed by atoms with E-state index < -0.39 is 0 Å². The summed E-state index contributed by atoms with van der Waals surface area (Å²) in [6.07, 6.45) is 4.62. The van der Waals surface area contributed by atoms with Gasteiger partial charge in [-0.3, -0.25) is 4.79 Å². The largest absolute Gasteiger partial charge is 0.393 e. The summed E-state index contributed by atoms with van der Waals surface area (Å²) in [6.45, 7) is 4.72. The Balaban J connectivity index is 2.20. The van der Waals surface area contributed by atoms with Crippen LogP contribution in [0.3, 0.4) is 0 Å². The Morgan fingerprint density at radius 3 is 2.67 bits per heavy atom. The minimum Gasteiger partial charge on any atom is -0.393 e. The molecule has 0 spiro atoms. The summed E-state index contributed by atoms with van der Waals surface area (Å²) in [5.74, 6) is 0.791. The average Bonchev–Trinajstić information content (AvgIpc) is 2.15. The first kappa shape index (κ1) is 12.5. The van der Waals surface area contributed by atoms with Crippen molar-refractivity contribution in [3.8, 4) is 0 Å². The summed E-state index contributed by atoms with van der Waals surface area (Å²) < 4.78 is 0. The molecule has 2 unspecified atom stereocenters. The Labute approximate surface area is 92.3 Å². The summed E-state index contributed by atoms with van der Waals surface area (Å²) in [5.41, 5.74) is 0. The topological polar surface area (TPSA) is 49.3 Å². The number of hydrogen-bond acceptors (Lipinski definition) is 2. The Bertz CT molecular complexity index is 204. The number of nitrogens with one attached hydrogen (secondary N) is 1. The molecule has 3 nitrogen and oxygen atoms in total. The van der Waals surface area contributed by atoms with Crippen molar-refractivity contribution in [2.45, 2.75) is 52.1 Å². The highest BCUT2D eigenvalue weighted by molar-refractivity contribution is 5.76. The van der Waals surface area contributed by atoms with Crippen molar-refractivity contribution < 1.29 is 9.90 Å². The van der Waals surface area contributed by atoms with E-state index in [-0.39, 0.29) is 17.9 Å². The zero-order chi connectivity index (χ0) is 11.3. The van der Waals surface area contributed by atoms with E-state index in [0.29, 0.717) is 18.9 Å². The molecule has 0 aromatic heterocycles. The van der Waals surface area contributed by atoms with Crippen molar-refractivity contribution in [2.24, 2.45) is 11.8 Å². The van der Waals surface area contributed by atoms with Gasteiger partial charge in [-0.25, -0.2) is 0 Å². The van der Waals surface area contributed by atoms with Crippen LogP contribution in [0, 0.1) is 11.8 Å². The maximum atomic E-state index is 11.4. The third-order valence-corrected chi connectivity index (χ3v) is 3.02. The number of carbonyl (C=O) groups is 1. The third kappa shape index (κ3) is 4.65. The van der Waals surface area contributed by atoms with Gasteiger partial charge in [0.2, 0.25) is 5.91 Å². The van der Waals surface area contributed by atoms with Crippen LogP contribution in [0.4, 0.5) is 0 Å². The van der Waals surface area contributed by atoms with Gasteiger partial charge in [0, 0.05) is 18.9 Å². The first-order valence-corrected chi connectivity index (χ1v) is 6.04. The standard InChI is InChI=1S/C12H23NO2/c1-9(2)7-12(15)13-8-10-5-3-4-6-11(10)14/h9-11,14H,3-8H2,1-2H3,(H,13,15). The lowest BCUT2D eigenvalue weighted by atomic mass is 9.86. The number of aliphatic hydroxyl groups excluding tert-OH is 1. The molecule has 1 saturated carbocycles.